The number of esters is 1. The number of ether oxygens (including phenoxy) is 1. The van der Waals surface area contributed by atoms with Crippen LogP contribution < -0.4 is 5.56 Å². The van der Waals surface area contributed by atoms with E-state index < -0.39 is 11.6 Å². The minimum atomic E-state index is -0.518. The molecule has 0 N–H and O–H groups in total. The van der Waals surface area contributed by atoms with E-state index in [1.54, 1.807) is 46.1 Å². The number of carbonyl (C=O) groups excluding carboxylic acids is 1. The standard InChI is InChI=1S/C13H18N2O3/c1-13(2,3)18-11(16)9-14-8-10-6-5-7-15(4)12(10)17/h5-8H,9H2,1-4H3. The lowest BCUT2D eigenvalue weighted by Gasteiger charge is -2.18. The van der Waals surface area contributed by atoms with Crippen LogP contribution in [0.25, 0.3) is 0 Å². The number of aliphatic imine (C=N–C) groups is 1. The maximum atomic E-state index is 11.6. The molecule has 0 radical (unpaired) electrons. The number of nitrogens with zero attached hydrogens (tertiary/aromatic N) is 2. The Hall–Kier alpha value is -1.91. The van der Waals surface area contributed by atoms with Crippen molar-refractivity contribution in [2.75, 3.05) is 6.54 Å². The number of rotatable bonds is 3. The molecule has 1 heterocycles. The van der Waals surface area contributed by atoms with Crippen molar-refractivity contribution in [3.63, 3.8) is 0 Å². The van der Waals surface area contributed by atoms with Gasteiger partial charge < -0.3 is 9.30 Å². The van der Waals surface area contributed by atoms with Gasteiger partial charge in [0.2, 0.25) is 0 Å². The monoisotopic (exact) mass is 250 g/mol. The van der Waals surface area contributed by atoms with E-state index in [1.165, 1.54) is 10.8 Å². The lowest BCUT2D eigenvalue weighted by atomic mass is 10.2. The van der Waals surface area contributed by atoms with Crippen LogP contribution in [0, 0.1) is 0 Å². The summed E-state index contributed by atoms with van der Waals surface area (Å²) in [5, 5.41) is 0. The van der Waals surface area contributed by atoms with E-state index in [0.29, 0.717) is 5.56 Å². The molecule has 0 atom stereocenters. The van der Waals surface area contributed by atoms with E-state index in [-0.39, 0.29) is 12.1 Å². The summed E-state index contributed by atoms with van der Waals surface area (Å²) in [6.45, 7) is 5.29. The Morgan fingerprint density at radius 2 is 2.17 bits per heavy atom. The molecule has 0 fully saturated rings. The lowest BCUT2D eigenvalue weighted by molar-refractivity contribution is -0.152. The van der Waals surface area contributed by atoms with Gasteiger partial charge in [-0.3, -0.25) is 14.6 Å². The third-order valence-electron chi connectivity index (χ3n) is 2.02. The summed E-state index contributed by atoms with van der Waals surface area (Å²) in [5.41, 5.74) is -0.218. The Labute approximate surface area is 106 Å². The van der Waals surface area contributed by atoms with Crippen LogP contribution in [0.3, 0.4) is 0 Å². The lowest BCUT2D eigenvalue weighted by Crippen LogP contribution is -2.25. The van der Waals surface area contributed by atoms with Crippen LogP contribution in [-0.4, -0.2) is 28.9 Å². The van der Waals surface area contributed by atoms with Crippen LogP contribution in [0.1, 0.15) is 26.3 Å². The van der Waals surface area contributed by atoms with Crippen molar-refractivity contribution < 1.29 is 9.53 Å². The van der Waals surface area contributed by atoms with E-state index in [0.717, 1.165) is 0 Å². The molecule has 0 saturated carbocycles. The largest absolute Gasteiger partial charge is 0.459 e. The normalized spacial score (nSPS) is 11.8. The molecular weight excluding hydrogens is 232 g/mol. The van der Waals surface area contributed by atoms with E-state index in [4.69, 9.17) is 4.74 Å². The summed E-state index contributed by atoms with van der Waals surface area (Å²) in [7, 11) is 1.66. The molecule has 0 bridgehead atoms. The Morgan fingerprint density at radius 3 is 2.78 bits per heavy atom. The third-order valence-corrected chi connectivity index (χ3v) is 2.02. The molecule has 0 unspecified atom stereocenters. The van der Waals surface area contributed by atoms with Crippen molar-refractivity contribution in [3.8, 4) is 0 Å². The van der Waals surface area contributed by atoms with Crippen LogP contribution in [0.4, 0.5) is 0 Å². The van der Waals surface area contributed by atoms with Crippen molar-refractivity contribution >= 4 is 12.2 Å². The van der Waals surface area contributed by atoms with Gasteiger partial charge in [-0.2, -0.15) is 0 Å². The first kappa shape index (κ1) is 14.2. The summed E-state index contributed by atoms with van der Waals surface area (Å²) in [4.78, 5) is 26.9. The number of pyridine rings is 1. The highest BCUT2D eigenvalue weighted by molar-refractivity contribution is 5.81. The van der Waals surface area contributed by atoms with Gasteiger partial charge in [0, 0.05) is 19.5 Å². The second-order valence-electron chi connectivity index (χ2n) is 4.94. The van der Waals surface area contributed by atoms with Crippen LogP contribution >= 0.6 is 0 Å². The molecule has 0 aliphatic heterocycles. The summed E-state index contributed by atoms with van der Waals surface area (Å²) in [5.74, 6) is -0.411. The molecule has 0 saturated heterocycles. The fourth-order valence-corrected chi connectivity index (χ4v) is 1.31. The maximum absolute atomic E-state index is 11.6. The van der Waals surface area contributed by atoms with Crippen molar-refractivity contribution in [2.45, 2.75) is 26.4 Å². The highest BCUT2D eigenvalue weighted by Crippen LogP contribution is 2.06. The first-order valence-electron chi connectivity index (χ1n) is 5.67. The second-order valence-corrected chi connectivity index (χ2v) is 4.94. The predicted octanol–water partition coefficient (Wildman–Crippen LogP) is 1.15. The number of carbonyl (C=O) groups is 1. The number of hydrogen-bond donors (Lipinski definition) is 0. The zero-order valence-electron chi connectivity index (χ0n) is 11.1. The second kappa shape index (κ2) is 5.62. The SMILES string of the molecule is Cn1cccc(C=NCC(=O)OC(C)(C)C)c1=O. The van der Waals surface area contributed by atoms with Crippen LogP contribution in [0.2, 0.25) is 0 Å². The average molecular weight is 250 g/mol. The predicted molar refractivity (Wildman–Crippen MR) is 70.0 cm³/mol. The van der Waals surface area contributed by atoms with Crippen LogP contribution in [0.15, 0.2) is 28.1 Å². The highest BCUT2D eigenvalue weighted by Gasteiger charge is 2.15. The van der Waals surface area contributed by atoms with E-state index in [2.05, 4.69) is 4.99 Å². The van der Waals surface area contributed by atoms with E-state index in [1.807, 2.05) is 0 Å². The van der Waals surface area contributed by atoms with Gasteiger partial charge in [-0.05, 0) is 32.9 Å². The van der Waals surface area contributed by atoms with Crippen LogP contribution in [0.5, 0.6) is 0 Å². The Kier molecular flexibility index (Phi) is 4.42. The van der Waals surface area contributed by atoms with Gasteiger partial charge in [0.05, 0.1) is 5.56 Å². The maximum Gasteiger partial charge on any atom is 0.328 e. The van der Waals surface area contributed by atoms with Crippen molar-refractivity contribution in [3.05, 3.63) is 34.2 Å². The zero-order valence-corrected chi connectivity index (χ0v) is 11.1. The first-order valence-corrected chi connectivity index (χ1v) is 5.67. The van der Waals surface area contributed by atoms with Gasteiger partial charge in [-0.1, -0.05) is 0 Å². The van der Waals surface area contributed by atoms with E-state index in [9.17, 15) is 9.59 Å². The van der Waals surface area contributed by atoms with Crippen molar-refractivity contribution in [2.24, 2.45) is 12.0 Å². The van der Waals surface area contributed by atoms with Gasteiger partial charge in [0.25, 0.3) is 5.56 Å². The van der Waals surface area contributed by atoms with Gasteiger partial charge in [0.1, 0.15) is 12.1 Å². The molecule has 0 aliphatic carbocycles. The highest BCUT2D eigenvalue weighted by atomic mass is 16.6. The van der Waals surface area contributed by atoms with E-state index >= 15 is 0 Å². The fraction of sp³-hybridized carbons (Fsp3) is 0.462. The average Bonchev–Trinajstić information content (AvgIpc) is 2.21. The molecule has 1 aromatic heterocycles. The first-order chi connectivity index (χ1) is 8.29. The molecule has 18 heavy (non-hydrogen) atoms. The molecule has 0 amide bonds. The van der Waals surface area contributed by atoms with Gasteiger partial charge in [-0.25, -0.2) is 0 Å². The summed E-state index contributed by atoms with van der Waals surface area (Å²) >= 11 is 0. The molecule has 98 valence electrons. The summed E-state index contributed by atoms with van der Waals surface area (Å²) in [6, 6.07) is 3.40. The Morgan fingerprint density at radius 1 is 1.50 bits per heavy atom. The van der Waals surface area contributed by atoms with Crippen molar-refractivity contribution in [1.82, 2.24) is 4.57 Å². The van der Waals surface area contributed by atoms with Crippen LogP contribution in [-0.2, 0) is 16.6 Å². The Balaban J connectivity index is 2.64. The van der Waals surface area contributed by atoms with Gasteiger partial charge in [-0.15, -0.1) is 0 Å². The summed E-state index contributed by atoms with van der Waals surface area (Å²) in [6.07, 6.45) is 3.06. The minimum Gasteiger partial charge on any atom is -0.459 e. The zero-order chi connectivity index (χ0) is 13.8. The van der Waals surface area contributed by atoms with Gasteiger partial charge >= 0.3 is 5.97 Å². The number of hydrogen-bond acceptors (Lipinski definition) is 4. The van der Waals surface area contributed by atoms with Gasteiger partial charge in [0.15, 0.2) is 0 Å². The molecule has 5 heteroatoms. The molecule has 0 aromatic carbocycles. The molecule has 0 aliphatic rings. The molecule has 1 aromatic rings. The Bertz CT molecular complexity index is 510. The number of aryl methyl sites for hydroxylation is 1. The topological polar surface area (TPSA) is 60.7 Å². The fourth-order valence-electron chi connectivity index (χ4n) is 1.31. The number of aromatic nitrogens is 1. The molecule has 5 nitrogen and oxygen atoms in total. The quantitative estimate of drug-likeness (QED) is 0.597. The molecular formula is C13H18N2O3. The third kappa shape index (κ3) is 4.53. The molecule has 0 spiro atoms. The smallest absolute Gasteiger partial charge is 0.328 e. The molecule has 1 rings (SSSR count). The van der Waals surface area contributed by atoms with Crippen molar-refractivity contribution in [1.29, 1.82) is 0 Å². The minimum absolute atomic E-state index is 0.0880. The summed E-state index contributed by atoms with van der Waals surface area (Å²) < 4.78 is 6.55.